The first-order chi connectivity index (χ1) is 8.74. The Balaban J connectivity index is 2.39. The lowest BCUT2D eigenvalue weighted by atomic mass is 9.84. The Kier molecular flexibility index (Phi) is 3.90. The van der Waals surface area contributed by atoms with E-state index in [1.165, 1.54) is 5.56 Å². The molecule has 1 aliphatic heterocycles. The van der Waals surface area contributed by atoms with Gasteiger partial charge < -0.3 is 10.6 Å². The fourth-order valence-corrected chi connectivity index (χ4v) is 2.92. The van der Waals surface area contributed by atoms with Crippen LogP contribution in [0.2, 0.25) is 0 Å². The van der Waals surface area contributed by atoms with E-state index >= 15 is 0 Å². The average Bonchev–Trinajstić information content (AvgIpc) is 2.71. The first-order valence-corrected chi connectivity index (χ1v) is 6.87. The second kappa shape index (κ2) is 5.42. The Hall–Kier alpha value is -1.51. The fourth-order valence-electron chi connectivity index (χ4n) is 2.92. The van der Waals surface area contributed by atoms with E-state index in [2.05, 4.69) is 54.1 Å². The maximum absolute atomic E-state index is 6.08. The summed E-state index contributed by atoms with van der Waals surface area (Å²) in [4.78, 5) is 6.80. The number of guanidine groups is 1. The molecule has 1 aromatic rings. The number of hydrogen-bond acceptors (Lipinski definition) is 3. The highest BCUT2D eigenvalue weighted by atomic mass is 15.4. The minimum Gasteiger partial charge on any atom is -0.370 e. The zero-order chi connectivity index (χ0) is 13.0. The van der Waals surface area contributed by atoms with Crippen molar-refractivity contribution in [1.29, 1.82) is 0 Å². The van der Waals surface area contributed by atoms with Crippen LogP contribution in [0.15, 0.2) is 35.3 Å². The summed E-state index contributed by atoms with van der Waals surface area (Å²) in [5.41, 5.74) is 7.40. The molecule has 0 saturated carbocycles. The maximum Gasteiger partial charge on any atom is 0.192 e. The van der Waals surface area contributed by atoms with Crippen LogP contribution < -0.4 is 5.73 Å². The fraction of sp³-hybridized carbons (Fsp3) is 0.533. The van der Waals surface area contributed by atoms with Gasteiger partial charge in [0.05, 0.1) is 12.1 Å². The average molecular weight is 245 g/mol. The smallest absolute Gasteiger partial charge is 0.192 e. The number of rotatable bonds is 5. The summed E-state index contributed by atoms with van der Waals surface area (Å²) >= 11 is 0. The van der Waals surface area contributed by atoms with Crippen LogP contribution in [0.1, 0.15) is 38.7 Å². The molecule has 1 atom stereocenters. The first kappa shape index (κ1) is 12.9. The van der Waals surface area contributed by atoms with Crippen LogP contribution in [0.3, 0.4) is 0 Å². The van der Waals surface area contributed by atoms with Crippen LogP contribution in [0.25, 0.3) is 0 Å². The molecule has 1 aliphatic rings. The highest BCUT2D eigenvalue weighted by Gasteiger charge is 2.42. The monoisotopic (exact) mass is 245 g/mol. The van der Waals surface area contributed by atoms with Gasteiger partial charge in [-0.2, -0.15) is 0 Å². The molecule has 1 heterocycles. The summed E-state index contributed by atoms with van der Waals surface area (Å²) in [5.74, 6) is 0.703. The van der Waals surface area contributed by atoms with Crippen LogP contribution in [0.5, 0.6) is 0 Å². The quantitative estimate of drug-likeness (QED) is 0.866. The van der Waals surface area contributed by atoms with Gasteiger partial charge >= 0.3 is 0 Å². The van der Waals surface area contributed by atoms with Crippen LogP contribution in [0.4, 0.5) is 0 Å². The molecule has 0 saturated heterocycles. The highest BCUT2D eigenvalue weighted by Crippen LogP contribution is 2.37. The Morgan fingerprint density at radius 3 is 2.56 bits per heavy atom. The lowest BCUT2D eigenvalue weighted by Gasteiger charge is -2.39. The molecule has 0 radical (unpaired) electrons. The van der Waals surface area contributed by atoms with Crippen LogP contribution >= 0.6 is 0 Å². The molecule has 2 rings (SSSR count). The van der Waals surface area contributed by atoms with Gasteiger partial charge in [-0.3, -0.25) is 4.99 Å². The summed E-state index contributed by atoms with van der Waals surface area (Å²) in [7, 11) is 0. The molecule has 1 unspecified atom stereocenters. The van der Waals surface area contributed by atoms with E-state index < -0.39 is 0 Å². The van der Waals surface area contributed by atoms with Gasteiger partial charge in [-0.15, -0.1) is 0 Å². The van der Waals surface area contributed by atoms with Gasteiger partial charge in [0.2, 0.25) is 0 Å². The zero-order valence-corrected chi connectivity index (χ0v) is 11.4. The summed E-state index contributed by atoms with van der Waals surface area (Å²) in [6.45, 7) is 6.18. The second-order valence-corrected chi connectivity index (χ2v) is 4.97. The predicted octanol–water partition coefficient (Wildman–Crippen LogP) is 2.72. The minimum absolute atomic E-state index is 0.0178. The molecule has 0 fully saturated rings. The molecule has 0 aromatic heterocycles. The lowest BCUT2D eigenvalue weighted by molar-refractivity contribution is 0.185. The van der Waals surface area contributed by atoms with Crippen molar-refractivity contribution in [2.24, 2.45) is 10.7 Å². The van der Waals surface area contributed by atoms with Gasteiger partial charge in [0.25, 0.3) is 0 Å². The Bertz CT molecular complexity index is 413. The van der Waals surface area contributed by atoms with E-state index in [0.29, 0.717) is 5.96 Å². The Morgan fingerprint density at radius 2 is 1.94 bits per heavy atom. The normalized spacial score (nSPS) is 23.2. The van der Waals surface area contributed by atoms with Gasteiger partial charge in [0.1, 0.15) is 0 Å². The van der Waals surface area contributed by atoms with Gasteiger partial charge in [-0.05, 0) is 18.4 Å². The molecule has 0 amide bonds. The number of hydrogen-bond donors (Lipinski definition) is 1. The largest absolute Gasteiger partial charge is 0.370 e. The molecule has 1 aromatic carbocycles. The van der Waals surface area contributed by atoms with Gasteiger partial charge in [-0.1, -0.05) is 50.6 Å². The maximum atomic E-state index is 6.08. The van der Waals surface area contributed by atoms with Crippen molar-refractivity contribution in [3.63, 3.8) is 0 Å². The molecule has 18 heavy (non-hydrogen) atoms. The first-order valence-electron chi connectivity index (χ1n) is 6.87. The summed E-state index contributed by atoms with van der Waals surface area (Å²) in [6.07, 6.45) is 3.33. The van der Waals surface area contributed by atoms with Crippen LogP contribution in [-0.2, 0) is 5.54 Å². The summed E-state index contributed by atoms with van der Waals surface area (Å²) in [6, 6.07) is 10.7. The molecule has 0 spiro atoms. The standard InChI is InChI=1S/C15H23N3/c1-3-10-15(13-8-6-5-7-9-13)12-17-14(16)18(15)11-4-2/h5-9H,3-4,10-12H2,1-2H3,(H2,16,17). The molecule has 0 bridgehead atoms. The van der Waals surface area contributed by atoms with Gasteiger partial charge in [0.15, 0.2) is 5.96 Å². The lowest BCUT2D eigenvalue weighted by Crippen LogP contribution is -2.49. The number of nitrogens with two attached hydrogens (primary N) is 1. The SMILES string of the molecule is CCCN1C(N)=NCC1(CCC)c1ccccc1. The van der Waals surface area contributed by atoms with Crippen LogP contribution in [-0.4, -0.2) is 23.9 Å². The molecule has 2 N–H and O–H groups in total. The molecule has 3 heteroatoms. The highest BCUT2D eigenvalue weighted by molar-refractivity contribution is 5.81. The predicted molar refractivity (Wildman–Crippen MR) is 76.5 cm³/mol. The van der Waals surface area contributed by atoms with E-state index in [1.54, 1.807) is 0 Å². The molecular weight excluding hydrogens is 222 g/mol. The van der Waals surface area contributed by atoms with E-state index in [9.17, 15) is 0 Å². The number of aliphatic imine (C=N–C) groups is 1. The van der Waals surface area contributed by atoms with Gasteiger partial charge in [-0.25, -0.2) is 0 Å². The Morgan fingerprint density at radius 1 is 1.22 bits per heavy atom. The molecule has 98 valence electrons. The van der Waals surface area contributed by atoms with E-state index in [0.717, 1.165) is 32.4 Å². The summed E-state index contributed by atoms with van der Waals surface area (Å²) < 4.78 is 0. The Labute approximate surface area is 110 Å². The van der Waals surface area contributed by atoms with E-state index in [-0.39, 0.29) is 5.54 Å². The van der Waals surface area contributed by atoms with Gasteiger partial charge in [0, 0.05) is 6.54 Å². The molecule has 3 nitrogen and oxygen atoms in total. The molecular formula is C15H23N3. The van der Waals surface area contributed by atoms with E-state index in [4.69, 9.17) is 5.73 Å². The third-order valence-corrected chi connectivity index (χ3v) is 3.72. The summed E-state index contributed by atoms with van der Waals surface area (Å²) in [5, 5.41) is 0. The van der Waals surface area contributed by atoms with Crippen LogP contribution in [0, 0.1) is 0 Å². The number of benzene rings is 1. The van der Waals surface area contributed by atoms with Crippen molar-refractivity contribution in [2.45, 2.75) is 38.6 Å². The minimum atomic E-state index is -0.0178. The third-order valence-electron chi connectivity index (χ3n) is 3.72. The van der Waals surface area contributed by atoms with Crippen molar-refractivity contribution in [3.8, 4) is 0 Å². The third kappa shape index (κ3) is 2.09. The van der Waals surface area contributed by atoms with Crippen molar-refractivity contribution in [1.82, 2.24) is 4.90 Å². The second-order valence-electron chi connectivity index (χ2n) is 4.97. The van der Waals surface area contributed by atoms with Crippen molar-refractivity contribution in [3.05, 3.63) is 35.9 Å². The zero-order valence-electron chi connectivity index (χ0n) is 11.4. The van der Waals surface area contributed by atoms with Crippen molar-refractivity contribution < 1.29 is 0 Å². The van der Waals surface area contributed by atoms with E-state index in [1.807, 2.05) is 0 Å². The van der Waals surface area contributed by atoms with Crippen molar-refractivity contribution >= 4 is 5.96 Å². The molecule has 0 aliphatic carbocycles. The number of nitrogens with zero attached hydrogens (tertiary/aromatic N) is 2. The van der Waals surface area contributed by atoms with Crippen molar-refractivity contribution in [2.75, 3.05) is 13.1 Å². The topological polar surface area (TPSA) is 41.6 Å².